The lowest BCUT2D eigenvalue weighted by Gasteiger charge is -2.18. The maximum atomic E-state index is 5.35. The highest BCUT2D eigenvalue weighted by molar-refractivity contribution is 7.80. The molecule has 1 aliphatic rings. The Morgan fingerprint density at radius 3 is 1.80 bits per heavy atom. The number of nitrogens with zero attached hydrogens (tertiary/aromatic N) is 4. The van der Waals surface area contributed by atoms with Gasteiger partial charge in [-0.2, -0.15) is 10.2 Å². The number of hydrogen-bond donors (Lipinski definition) is 4. The van der Waals surface area contributed by atoms with E-state index < -0.39 is 0 Å². The third-order valence-corrected chi connectivity index (χ3v) is 5.83. The minimum absolute atomic E-state index is 0.334. The average molecular weight is 457 g/mol. The zero-order chi connectivity index (χ0) is 22.4. The number of rotatable bonds is 12. The number of hydrazone groups is 2. The second kappa shape index (κ2) is 15.4. The van der Waals surface area contributed by atoms with Crippen LogP contribution in [-0.4, -0.2) is 83.8 Å². The van der Waals surface area contributed by atoms with Crippen molar-refractivity contribution >= 4 is 46.1 Å². The lowest BCUT2D eigenvalue weighted by Crippen LogP contribution is -2.39. The highest BCUT2D eigenvalue weighted by atomic mass is 32.1. The van der Waals surface area contributed by atoms with Gasteiger partial charge in [0.1, 0.15) is 0 Å². The monoisotopic (exact) mass is 456 g/mol. The van der Waals surface area contributed by atoms with Gasteiger partial charge in [-0.3, -0.25) is 10.9 Å². The highest BCUT2D eigenvalue weighted by Crippen LogP contribution is 2.19. The van der Waals surface area contributed by atoms with Crippen LogP contribution in [0.1, 0.15) is 47.5 Å². The quantitative estimate of drug-likeness (QED) is 0.261. The molecular formula is C20H40N8S2. The van der Waals surface area contributed by atoms with E-state index in [1.54, 1.807) is 0 Å². The molecule has 0 bridgehead atoms. The molecule has 1 rings (SSSR count). The molecule has 0 saturated heterocycles. The van der Waals surface area contributed by atoms with Gasteiger partial charge in [0, 0.05) is 32.1 Å². The summed E-state index contributed by atoms with van der Waals surface area (Å²) >= 11 is 10.7. The van der Waals surface area contributed by atoms with Crippen molar-refractivity contribution in [3.8, 4) is 0 Å². The third-order valence-electron chi connectivity index (χ3n) is 5.36. The summed E-state index contributed by atoms with van der Waals surface area (Å²) in [5, 5.41) is 16.5. The van der Waals surface area contributed by atoms with E-state index in [1.807, 2.05) is 0 Å². The average Bonchev–Trinajstić information content (AvgIpc) is 3.10. The topological polar surface area (TPSA) is 79.3 Å². The molecule has 172 valence electrons. The minimum atomic E-state index is 0.334. The summed E-state index contributed by atoms with van der Waals surface area (Å²) in [7, 11) is 0. The molecule has 0 aromatic heterocycles. The first-order valence-electron chi connectivity index (χ1n) is 11.1. The van der Waals surface area contributed by atoms with Gasteiger partial charge >= 0.3 is 0 Å². The van der Waals surface area contributed by atoms with Crippen LogP contribution in [-0.2, 0) is 0 Å². The van der Waals surface area contributed by atoms with Crippen molar-refractivity contribution in [1.82, 2.24) is 31.3 Å². The van der Waals surface area contributed by atoms with Crippen LogP contribution in [0.2, 0.25) is 0 Å². The predicted octanol–water partition coefficient (Wildman–Crippen LogP) is 1.74. The van der Waals surface area contributed by atoms with Crippen LogP contribution in [0.5, 0.6) is 0 Å². The van der Waals surface area contributed by atoms with Crippen LogP contribution < -0.4 is 21.5 Å². The van der Waals surface area contributed by atoms with E-state index in [-0.39, 0.29) is 0 Å². The molecule has 1 unspecified atom stereocenters. The van der Waals surface area contributed by atoms with Crippen molar-refractivity contribution in [1.29, 1.82) is 0 Å². The third kappa shape index (κ3) is 10.1. The second-order valence-electron chi connectivity index (χ2n) is 7.28. The van der Waals surface area contributed by atoms with E-state index in [4.69, 9.17) is 24.4 Å². The van der Waals surface area contributed by atoms with E-state index in [1.165, 1.54) is 0 Å². The standard InChI is InChI=1S/C20H40N8S2/c1-6-27(7-2)14-12-21-19(29)25-23-17-11-10-16(5)18(17)24-26-20(30)22-13-15-28(8-3)9-4/h16H,6-15H2,1-5H3,(H2,21,25,29)(H2,22,26,30)/b23-17+,24-18?. The van der Waals surface area contributed by atoms with Crippen molar-refractivity contribution in [2.45, 2.75) is 47.5 Å². The zero-order valence-corrected chi connectivity index (χ0v) is 20.9. The SMILES string of the molecule is CCN(CC)CCNC(=S)NN=C1/C(=N/NC(=S)NCCN(CC)CC)CCC1C. The molecule has 4 N–H and O–H groups in total. The molecule has 1 saturated carbocycles. The van der Waals surface area contributed by atoms with Crippen LogP contribution in [0.4, 0.5) is 0 Å². The summed E-state index contributed by atoms with van der Waals surface area (Å²) in [6.07, 6.45) is 1.89. The Morgan fingerprint density at radius 1 is 0.867 bits per heavy atom. The molecule has 0 radical (unpaired) electrons. The van der Waals surface area contributed by atoms with E-state index >= 15 is 0 Å². The van der Waals surface area contributed by atoms with Gasteiger partial charge in [0.25, 0.3) is 0 Å². The summed E-state index contributed by atoms with van der Waals surface area (Å²) in [6, 6.07) is 0. The molecule has 0 heterocycles. The van der Waals surface area contributed by atoms with Gasteiger partial charge in [0.2, 0.25) is 0 Å². The van der Waals surface area contributed by atoms with Gasteiger partial charge in [0.15, 0.2) is 10.2 Å². The second-order valence-corrected chi connectivity index (χ2v) is 8.10. The lowest BCUT2D eigenvalue weighted by atomic mass is 10.1. The Labute approximate surface area is 193 Å². The van der Waals surface area contributed by atoms with Crippen molar-refractivity contribution in [2.24, 2.45) is 16.1 Å². The van der Waals surface area contributed by atoms with E-state index in [2.05, 4.69) is 76.1 Å². The molecule has 10 heteroatoms. The van der Waals surface area contributed by atoms with E-state index in [0.717, 1.165) is 76.6 Å². The van der Waals surface area contributed by atoms with E-state index in [0.29, 0.717) is 16.1 Å². The van der Waals surface area contributed by atoms with Crippen LogP contribution in [0.3, 0.4) is 0 Å². The van der Waals surface area contributed by atoms with Gasteiger partial charge in [0.05, 0.1) is 11.4 Å². The predicted molar refractivity (Wildman–Crippen MR) is 136 cm³/mol. The molecule has 30 heavy (non-hydrogen) atoms. The molecule has 0 aromatic carbocycles. The molecule has 1 aliphatic carbocycles. The molecule has 1 atom stereocenters. The molecule has 8 nitrogen and oxygen atoms in total. The maximum absolute atomic E-state index is 5.35. The van der Waals surface area contributed by atoms with Crippen LogP contribution >= 0.6 is 24.4 Å². The van der Waals surface area contributed by atoms with Crippen LogP contribution in [0.25, 0.3) is 0 Å². The van der Waals surface area contributed by atoms with Crippen LogP contribution in [0, 0.1) is 5.92 Å². The maximum Gasteiger partial charge on any atom is 0.187 e. The van der Waals surface area contributed by atoms with Gasteiger partial charge in [-0.25, -0.2) is 0 Å². The number of thiocarbonyl (C=S) groups is 2. The Balaban J connectivity index is 2.46. The number of hydrogen-bond acceptors (Lipinski definition) is 6. The van der Waals surface area contributed by atoms with Gasteiger partial charge in [-0.05, 0) is 63.5 Å². The molecule has 0 aromatic rings. The first-order chi connectivity index (χ1) is 14.4. The van der Waals surface area contributed by atoms with Gasteiger partial charge < -0.3 is 20.4 Å². The normalized spacial score (nSPS) is 19.0. The first kappa shape index (κ1) is 26.7. The van der Waals surface area contributed by atoms with Crippen molar-refractivity contribution < 1.29 is 0 Å². The summed E-state index contributed by atoms with van der Waals surface area (Å²) in [6.45, 7) is 18.5. The lowest BCUT2D eigenvalue weighted by molar-refractivity contribution is 0.308. The molecule has 0 amide bonds. The Hall–Kier alpha value is -1.36. The Bertz CT molecular complexity index is 585. The minimum Gasteiger partial charge on any atom is -0.360 e. The fourth-order valence-electron chi connectivity index (χ4n) is 3.23. The highest BCUT2D eigenvalue weighted by Gasteiger charge is 2.25. The number of likely N-dealkylation sites (N-methyl/N-ethyl adjacent to an activating group) is 2. The summed E-state index contributed by atoms with van der Waals surface area (Å²) < 4.78 is 0. The molecule has 0 spiro atoms. The Morgan fingerprint density at radius 2 is 1.33 bits per heavy atom. The number of nitrogens with one attached hydrogen (secondary N) is 4. The summed E-state index contributed by atoms with van der Waals surface area (Å²) in [5.74, 6) is 0.334. The zero-order valence-electron chi connectivity index (χ0n) is 19.3. The van der Waals surface area contributed by atoms with Crippen LogP contribution in [0.15, 0.2) is 10.2 Å². The van der Waals surface area contributed by atoms with E-state index in [9.17, 15) is 0 Å². The van der Waals surface area contributed by atoms with Gasteiger partial charge in [-0.15, -0.1) is 0 Å². The Kier molecular flexibility index (Phi) is 13.7. The fraction of sp³-hybridized carbons (Fsp3) is 0.800. The van der Waals surface area contributed by atoms with Crippen molar-refractivity contribution in [3.05, 3.63) is 0 Å². The smallest absolute Gasteiger partial charge is 0.187 e. The largest absolute Gasteiger partial charge is 0.360 e. The summed E-state index contributed by atoms with van der Waals surface area (Å²) in [5.41, 5.74) is 7.79. The van der Waals surface area contributed by atoms with Crippen molar-refractivity contribution in [2.75, 3.05) is 52.4 Å². The molecule has 0 aliphatic heterocycles. The van der Waals surface area contributed by atoms with Gasteiger partial charge in [-0.1, -0.05) is 34.6 Å². The summed E-state index contributed by atoms with van der Waals surface area (Å²) in [4.78, 5) is 4.69. The first-order valence-corrected chi connectivity index (χ1v) is 11.9. The fourth-order valence-corrected chi connectivity index (χ4v) is 3.53. The molecular weight excluding hydrogens is 416 g/mol. The molecule has 1 fully saturated rings. The van der Waals surface area contributed by atoms with Crippen molar-refractivity contribution in [3.63, 3.8) is 0 Å².